The molecule has 0 atom stereocenters. The molecular weight excluding hydrogens is 356 g/mol. The van der Waals surface area contributed by atoms with Gasteiger partial charge in [0.25, 0.3) is 0 Å². The average molecular weight is 372 g/mol. The molecule has 4 rings (SSSR count). The van der Waals surface area contributed by atoms with Crippen LogP contribution in [0.25, 0.3) is 11.5 Å². The van der Waals surface area contributed by atoms with Crippen LogP contribution in [0.5, 0.6) is 17.4 Å². The van der Waals surface area contributed by atoms with Crippen LogP contribution in [0.4, 0.5) is 0 Å². The minimum absolute atomic E-state index is 0.0164. The van der Waals surface area contributed by atoms with Gasteiger partial charge in [-0.2, -0.15) is 0 Å². The second-order valence-electron chi connectivity index (χ2n) is 5.90. The number of nitrogens with zero attached hydrogens (tertiary/aromatic N) is 2. The van der Waals surface area contributed by atoms with Crippen molar-refractivity contribution in [2.45, 2.75) is 6.42 Å². The Labute approximate surface area is 161 Å². The maximum absolute atomic E-state index is 12.2. The van der Waals surface area contributed by atoms with Gasteiger partial charge in [-0.3, -0.25) is 4.79 Å². The Morgan fingerprint density at radius 1 is 0.893 bits per heavy atom. The van der Waals surface area contributed by atoms with Gasteiger partial charge in [0, 0.05) is 17.8 Å². The molecule has 2 aromatic carbocycles. The lowest BCUT2D eigenvalue weighted by molar-refractivity contribution is -0.133. The molecule has 0 radical (unpaired) electrons. The fourth-order valence-electron chi connectivity index (χ4n) is 2.52. The zero-order valence-electron chi connectivity index (χ0n) is 14.8. The van der Waals surface area contributed by atoms with Gasteiger partial charge in [0.1, 0.15) is 17.8 Å². The molecule has 0 saturated carbocycles. The predicted octanol–water partition coefficient (Wildman–Crippen LogP) is 4.68. The maximum Gasteiger partial charge on any atom is 0.317 e. The van der Waals surface area contributed by atoms with Crippen molar-refractivity contribution in [3.63, 3.8) is 0 Å². The zero-order valence-corrected chi connectivity index (χ0v) is 14.8. The molecule has 0 aliphatic heterocycles. The number of pyridine rings is 1. The number of carbonyl (C=O) groups excluding carboxylic acids is 1. The molecule has 4 aromatic rings. The Hall–Kier alpha value is -3.93. The van der Waals surface area contributed by atoms with Gasteiger partial charge in [-0.05, 0) is 42.5 Å². The SMILES string of the molecule is O=C(Cc1coc(-c2ccccc2)n1)Oc1ccc(Oc2ccccn2)cc1. The molecule has 28 heavy (non-hydrogen) atoms. The highest BCUT2D eigenvalue weighted by Gasteiger charge is 2.12. The summed E-state index contributed by atoms with van der Waals surface area (Å²) >= 11 is 0. The van der Waals surface area contributed by atoms with Crippen LogP contribution >= 0.6 is 0 Å². The van der Waals surface area contributed by atoms with Crippen molar-refractivity contribution in [3.05, 3.63) is 91.0 Å². The summed E-state index contributed by atoms with van der Waals surface area (Å²) in [6, 6.07) is 21.6. The summed E-state index contributed by atoms with van der Waals surface area (Å²) in [6.45, 7) is 0. The number of carbonyl (C=O) groups is 1. The van der Waals surface area contributed by atoms with Gasteiger partial charge in [-0.1, -0.05) is 24.3 Å². The largest absolute Gasteiger partial charge is 0.444 e. The van der Waals surface area contributed by atoms with E-state index in [1.54, 1.807) is 36.5 Å². The number of oxazole rings is 1. The van der Waals surface area contributed by atoms with E-state index in [1.165, 1.54) is 6.26 Å². The Morgan fingerprint density at radius 2 is 1.64 bits per heavy atom. The van der Waals surface area contributed by atoms with E-state index < -0.39 is 5.97 Å². The molecule has 138 valence electrons. The third-order valence-electron chi connectivity index (χ3n) is 3.81. The monoisotopic (exact) mass is 372 g/mol. The Balaban J connectivity index is 1.34. The van der Waals surface area contributed by atoms with E-state index in [1.807, 2.05) is 42.5 Å². The fourth-order valence-corrected chi connectivity index (χ4v) is 2.52. The van der Waals surface area contributed by atoms with Crippen LogP contribution in [0.2, 0.25) is 0 Å². The summed E-state index contributed by atoms with van der Waals surface area (Å²) < 4.78 is 16.4. The molecule has 0 amide bonds. The minimum Gasteiger partial charge on any atom is -0.444 e. The quantitative estimate of drug-likeness (QED) is 0.361. The lowest BCUT2D eigenvalue weighted by Gasteiger charge is -2.06. The zero-order chi connectivity index (χ0) is 19.2. The summed E-state index contributed by atoms with van der Waals surface area (Å²) in [5, 5.41) is 0. The van der Waals surface area contributed by atoms with Gasteiger partial charge in [-0.15, -0.1) is 0 Å². The standard InChI is InChI=1S/C22H16N2O4/c25-21(14-17-15-26-22(24-17)16-6-2-1-3-7-16)28-19-11-9-18(10-12-19)27-20-8-4-5-13-23-20/h1-13,15H,14H2. The van der Waals surface area contributed by atoms with Crippen molar-refractivity contribution in [1.82, 2.24) is 9.97 Å². The second kappa shape index (κ2) is 8.18. The van der Waals surface area contributed by atoms with E-state index in [0.717, 1.165) is 5.56 Å². The molecule has 2 aromatic heterocycles. The summed E-state index contributed by atoms with van der Waals surface area (Å²) in [5.74, 6) is 1.56. The van der Waals surface area contributed by atoms with Gasteiger partial charge < -0.3 is 13.9 Å². The van der Waals surface area contributed by atoms with E-state index in [4.69, 9.17) is 13.9 Å². The summed E-state index contributed by atoms with van der Waals surface area (Å²) in [6.07, 6.45) is 3.13. The van der Waals surface area contributed by atoms with Gasteiger partial charge in [0.05, 0.1) is 12.1 Å². The third kappa shape index (κ3) is 4.42. The molecule has 0 bridgehead atoms. The molecule has 0 aliphatic carbocycles. The summed E-state index contributed by atoms with van der Waals surface area (Å²) in [5.41, 5.74) is 1.37. The number of hydrogen-bond donors (Lipinski definition) is 0. The first kappa shape index (κ1) is 17.5. The van der Waals surface area contributed by atoms with E-state index >= 15 is 0 Å². The normalized spacial score (nSPS) is 10.4. The van der Waals surface area contributed by atoms with Crippen molar-refractivity contribution in [3.8, 4) is 28.8 Å². The predicted molar refractivity (Wildman–Crippen MR) is 102 cm³/mol. The average Bonchev–Trinajstić information content (AvgIpc) is 3.19. The fraction of sp³-hybridized carbons (Fsp3) is 0.0455. The smallest absolute Gasteiger partial charge is 0.317 e. The van der Waals surface area contributed by atoms with Crippen molar-refractivity contribution >= 4 is 5.97 Å². The van der Waals surface area contributed by atoms with Crippen LogP contribution in [0, 0.1) is 0 Å². The molecule has 0 fully saturated rings. The molecule has 0 saturated heterocycles. The Morgan fingerprint density at radius 3 is 2.39 bits per heavy atom. The molecule has 6 heteroatoms. The number of rotatable bonds is 6. The van der Waals surface area contributed by atoms with Crippen molar-refractivity contribution < 1.29 is 18.7 Å². The highest BCUT2D eigenvalue weighted by Crippen LogP contribution is 2.23. The van der Waals surface area contributed by atoms with Crippen LogP contribution in [0.15, 0.2) is 89.7 Å². The lowest BCUT2D eigenvalue weighted by atomic mass is 10.2. The van der Waals surface area contributed by atoms with E-state index in [9.17, 15) is 4.79 Å². The number of benzene rings is 2. The van der Waals surface area contributed by atoms with Gasteiger partial charge in [-0.25, -0.2) is 9.97 Å². The third-order valence-corrected chi connectivity index (χ3v) is 3.81. The molecule has 2 heterocycles. The number of hydrogen-bond acceptors (Lipinski definition) is 6. The van der Waals surface area contributed by atoms with E-state index in [0.29, 0.717) is 29.0 Å². The van der Waals surface area contributed by atoms with Gasteiger partial charge >= 0.3 is 5.97 Å². The molecular formula is C22H16N2O4. The first-order valence-corrected chi connectivity index (χ1v) is 8.66. The van der Waals surface area contributed by atoms with Crippen molar-refractivity contribution in [1.29, 1.82) is 0 Å². The number of ether oxygens (including phenoxy) is 2. The Kier molecular flexibility index (Phi) is 5.11. The van der Waals surface area contributed by atoms with E-state index in [2.05, 4.69) is 9.97 Å². The van der Waals surface area contributed by atoms with E-state index in [-0.39, 0.29) is 6.42 Å². The van der Waals surface area contributed by atoms with Gasteiger partial charge in [0.2, 0.25) is 11.8 Å². The second-order valence-corrected chi connectivity index (χ2v) is 5.90. The molecule has 0 spiro atoms. The van der Waals surface area contributed by atoms with Crippen molar-refractivity contribution in [2.75, 3.05) is 0 Å². The van der Waals surface area contributed by atoms with Crippen LogP contribution in [-0.2, 0) is 11.2 Å². The maximum atomic E-state index is 12.2. The van der Waals surface area contributed by atoms with Crippen LogP contribution < -0.4 is 9.47 Å². The highest BCUT2D eigenvalue weighted by atomic mass is 16.5. The first-order chi connectivity index (χ1) is 13.8. The highest BCUT2D eigenvalue weighted by molar-refractivity contribution is 5.74. The van der Waals surface area contributed by atoms with Crippen LogP contribution in [0.1, 0.15) is 5.69 Å². The van der Waals surface area contributed by atoms with Crippen molar-refractivity contribution in [2.24, 2.45) is 0 Å². The van der Waals surface area contributed by atoms with Crippen LogP contribution in [0.3, 0.4) is 0 Å². The lowest BCUT2D eigenvalue weighted by Crippen LogP contribution is -2.11. The van der Waals surface area contributed by atoms with Crippen LogP contribution in [-0.4, -0.2) is 15.9 Å². The van der Waals surface area contributed by atoms with Gasteiger partial charge in [0.15, 0.2) is 0 Å². The molecule has 6 nitrogen and oxygen atoms in total. The summed E-state index contributed by atoms with van der Waals surface area (Å²) in [7, 11) is 0. The topological polar surface area (TPSA) is 74.5 Å². The molecule has 0 N–H and O–H groups in total. The molecule has 0 unspecified atom stereocenters. The summed E-state index contributed by atoms with van der Waals surface area (Å²) in [4.78, 5) is 20.6. The number of aromatic nitrogens is 2. The minimum atomic E-state index is -0.425. The first-order valence-electron chi connectivity index (χ1n) is 8.66. The number of esters is 1. The molecule has 0 aliphatic rings. The Bertz CT molecular complexity index is 1040.